The molecule has 0 aliphatic carbocycles. The summed E-state index contributed by atoms with van der Waals surface area (Å²) < 4.78 is 66.6. The average molecular weight is 555 g/mol. The Hall–Kier alpha value is -4.14. The first-order valence-electron chi connectivity index (χ1n) is 10.9. The molecule has 1 N–H and O–H groups in total. The van der Waals surface area contributed by atoms with Crippen LogP contribution in [-0.2, 0) is 4.79 Å². The Bertz CT molecular complexity index is 1430. The van der Waals surface area contributed by atoms with Crippen LogP contribution in [0.2, 0.25) is 0 Å². The zero-order valence-corrected chi connectivity index (χ0v) is 20.0. The first kappa shape index (κ1) is 26.9. The molecule has 1 unspecified atom stereocenters. The molecule has 1 aromatic carbocycles. The normalized spacial score (nSPS) is 17.0. The third-order valence-corrected chi connectivity index (χ3v) is 6.30. The van der Waals surface area contributed by atoms with Crippen molar-refractivity contribution in [3.05, 3.63) is 65.1 Å². The lowest BCUT2D eigenvalue weighted by Crippen LogP contribution is -2.55. The number of para-hydroxylation sites is 1. The van der Waals surface area contributed by atoms with Gasteiger partial charge < -0.3 is 14.7 Å². The van der Waals surface area contributed by atoms with Gasteiger partial charge in [0.2, 0.25) is 5.88 Å². The third kappa shape index (κ3) is 6.04. The fourth-order valence-corrected chi connectivity index (χ4v) is 4.37. The largest absolute Gasteiger partial charge is 0.490 e. The minimum atomic E-state index is -5.08. The smallest absolute Gasteiger partial charge is 0.475 e. The molecule has 1 amide bonds. The zero-order chi connectivity index (χ0) is 27.5. The van der Waals surface area contributed by atoms with E-state index in [9.17, 15) is 26.7 Å². The van der Waals surface area contributed by atoms with Crippen molar-refractivity contribution in [3.63, 3.8) is 0 Å². The van der Waals surface area contributed by atoms with Crippen LogP contribution in [0.3, 0.4) is 0 Å². The highest BCUT2D eigenvalue weighted by molar-refractivity contribution is 7.12. The Morgan fingerprint density at radius 3 is 2.45 bits per heavy atom. The first-order chi connectivity index (χ1) is 18.0. The molecule has 38 heavy (non-hydrogen) atoms. The van der Waals surface area contributed by atoms with Crippen LogP contribution in [0.5, 0.6) is 5.88 Å². The molecule has 9 nitrogen and oxygen atoms in total. The van der Waals surface area contributed by atoms with E-state index in [1.807, 2.05) is 18.2 Å². The van der Waals surface area contributed by atoms with Crippen LogP contribution in [0.25, 0.3) is 16.6 Å². The van der Waals surface area contributed by atoms with Crippen molar-refractivity contribution in [1.82, 2.24) is 24.9 Å². The Labute approximate surface area is 215 Å². The number of alkyl halides is 5. The van der Waals surface area contributed by atoms with Crippen molar-refractivity contribution in [3.8, 4) is 11.6 Å². The van der Waals surface area contributed by atoms with E-state index in [0.29, 0.717) is 16.1 Å². The molecule has 1 aliphatic heterocycles. The number of thiophene rings is 1. The molecular weight excluding hydrogens is 537 g/mol. The van der Waals surface area contributed by atoms with Gasteiger partial charge in [-0.3, -0.25) is 4.79 Å². The highest BCUT2D eigenvalue weighted by atomic mass is 32.1. The second-order valence-electron chi connectivity index (χ2n) is 7.97. The molecule has 1 saturated heterocycles. The van der Waals surface area contributed by atoms with E-state index in [1.54, 1.807) is 29.6 Å². The number of nitrogens with zero attached hydrogens (tertiary/aromatic N) is 5. The number of hydrogen-bond acceptors (Lipinski definition) is 7. The Morgan fingerprint density at radius 2 is 1.76 bits per heavy atom. The fourth-order valence-electron chi connectivity index (χ4n) is 3.54. The quantitative estimate of drug-likeness (QED) is 0.371. The molecule has 0 radical (unpaired) electrons. The summed E-state index contributed by atoms with van der Waals surface area (Å²) >= 11 is 1.22. The number of carboxylic acid groups (broad SMARTS) is 1. The van der Waals surface area contributed by atoms with Crippen LogP contribution in [0, 0.1) is 0 Å². The highest BCUT2D eigenvalue weighted by Crippen LogP contribution is 2.33. The number of pyridine rings is 1. The number of carboxylic acids is 1. The number of benzene rings is 1. The molecule has 1 atom stereocenters. The fraction of sp³-hybridized carbons (Fsp3) is 0.261. The number of fused-ring (bicyclic) bond motifs is 1. The number of halogens is 5. The van der Waals surface area contributed by atoms with E-state index in [4.69, 9.17) is 14.6 Å². The number of aliphatic carboxylic acids is 1. The predicted molar refractivity (Wildman–Crippen MR) is 125 cm³/mol. The average Bonchev–Trinajstić information content (AvgIpc) is 3.57. The number of amides is 1. The predicted octanol–water partition coefficient (Wildman–Crippen LogP) is 4.44. The van der Waals surface area contributed by atoms with E-state index in [-0.39, 0.29) is 24.9 Å². The van der Waals surface area contributed by atoms with Gasteiger partial charge >= 0.3 is 12.1 Å². The summed E-state index contributed by atoms with van der Waals surface area (Å²) in [4.78, 5) is 29.5. The number of likely N-dealkylation sites (tertiary alicyclic amines) is 1. The number of ether oxygens (including phenoxy) is 1. The molecule has 0 bridgehead atoms. The van der Waals surface area contributed by atoms with E-state index in [2.05, 4.69) is 15.2 Å². The Kier molecular flexibility index (Phi) is 7.57. The number of carbonyl (C=O) groups excluding carboxylic acids is 1. The molecule has 200 valence electrons. The van der Waals surface area contributed by atoms with Gasteiger partial charge in [-0.1, -0.05) is 18.2 Å². The zero-order valence-electron chi connectivity index (χ0n) is 19.2. The van der Waals surface area contributed by atoms with Gasteiger partial charge in [-0.2, -0.15) is 23.4 Å². The lowest BCUT2D eigenvalue weighted by atomic mass is 10.0. The molecule has 15 heteroatoms. The van der Waals surface area contributed by atoms with E-state index in [0.717, 1.165) is 5.39 Å². The Balaban J connectivity index is 0.000000426. The van der Waals surface area contributed by atoms with E-state index >= 15 is 0 Å². The van der Waals surface area contributed by atoms with Gasteiger partial charge in [0.1, 0.15) is 10.6 Å². The minimum absolute atomic E-state index is 0.0687. The Morgan fingerprint density at radius 1 is 1.08 bits per heavy atom. The summed E-state index contributed by atoms with van der Waals surface area (Å²) in [6.45, 7) is -0.315. The SMILES string of the molecule is O=C(O)C(F)(F)F.O=C(c1sccc1-n1nccn1)N1CCC(F)(F)C(Oc2ccc3ccccc3n2)C1. The van der Waals surface area contributed by atoms with Gasteiger partial charge in [0.05, 0.1) is 24.5 Å². The highest BCUT2D eigenvalue weighted by Gasteiger charge is 2.47. The summed E-state index contributed by atoms with van der Waals surface area (Å²) in [5, 5.41) is 17.9. The molecular formula is C23H18F5N5O4S. The van der Waals surface area contributed by atoms with Crippen molar-refractivity contribution in [2.24, 2.45) is 0 Å². The van der Waals surface area contributed by atoms with Gasteiger partial charge in [0.15, 0.2) is 6.10 Å². The maximum Gasteiger partial charge on any atom is 0.490 e. The van der Waals surface area contributed by atoms with Gasteiger partial charge in [-0.15, -0.1) is 16.1 Å². The van der Waals surface area contributed by atoms with Crippen LogP contribution in [0.4, 0.5) is 22.0 Å². The summed E-state index contributed by atoms with van der Waals surface area (Å²) in [6, 6.07) is 12.4. The number of carbonyl (C=O) groups is 2. The summed E-state index contributed by atoms with van der Waals surface area (Å²) in [6.07, 6.45) is -4.05. The van der Waals surface area contributed by atoms with Crippen molar-refractivity contribution in [2.45, 2.75) is 24.6 Å². The lowest BCUT2D eigenvalue weighted by molar-refractivity contribution is -0.192. The topological polar surface area (TPSA) is 110 Å². The van der Waals surface area contributed by atoms with Crippen LogP contribution >= 0.6 is 11.3 Å². The van der Waals surface area contributed by atoms with Crippen LogP contribution in [0.1, 0.15) is 16.1 Å². The molecule has 0 spiro atoms. The number of hydrogen-bond donors (Lipinski definition) is 1. The summed E-state index contributed by atoms with van der Waals surface area (Å²) in [7, 11) is 0. The molecule has 1 fully saturated rings. The van der Waals surface area contributed by atoms with Crippen molar-refractivity contribution in [2.75, 3.05) is 13.1 Å². The van der Waals surface area contributed by atoms with Crippen LogP contribution in [-0.4, -0.2) is 73.2 Å². The van der Waals surface area contributed by atoms with Gasteiger partial charge in [-0.25, -0.2) is 18.6 Å². The summed E-state index contributed by atoms with van der Waals surface area (Å²) in [5.74, 6) is -6.08. The third-order valence-electron chi connectivity index (χ3n) is 5.41. The standard InChI is InChI=1S/C21H17F2N5O2S.C2HF3O2/c22-21(23)8-11-27(20(29)19-16(7-12-31-19)28-24-9-10-25-28)13-17(21)30-18-6-5-14-3-1-2-4-15(14)26-18;3-2(4,5)1(6)7/h1-7,9-10,12,17H,8,11,13H2;(H,6,7). The van der Waals surface area contributed by atoms with Gasteiger partial charge in [0.25, 0.3) is 11.8 Å². The molecule has 0 saturated carbocycles. The molecule has 1 aliphatic rings. The van der Waals surface area contributed by atoms with Crippen molar-refractivity contribution in [1.29, 1.82) is 0 Å². The molecule has 4 aromatic rings. The van der Waals surface area contributed by atoms with Crippen LogP contribution in [0.15, 0.2) is 60.2 Å². The van der Waals surface area contributed by atoms with Crippen molar-refractivity contribution >= 4 is 34.1 Å². The maximum atomic E-state index is 14.6. The van der Waals surface area contributed by atoms with Gasteiger partial charge in [0, 0.05) is 24.4 Å². The van der Waals surface area contributed by atoms with Crippen molar-refractivity contribution < 1.29 is 41.4 Å². The van der Waals surface area contributed by atoms with E-state index < -0.39 is 30.6 Å². The monoisotopic (exact) mass is 555 g/mol. The number of aromatic nitrogens is 4. The molecule has 4 heterocycles. The molecule has 5 rings (SSSR count). The van der Waals surface area contributed by atoms with Gasteiger partial charge in [-0.05, 0) is 23.6 Å². The first-order valence-corrected chi connectivity index (χ1v) is 11.8. The maximum absolute atomic E-state index is 14.6. The molecule has 3 aromatic heterocycles. The number of piperidine rings is 1. The second kappa shape index (κ2) is 10.7. The minimum Gasteiger partial charge on any atom is -0.475 e. The lowest BCUT2D eigenvalue weighted by Gasteiger charge is -2.37. The van der Waals surface area contributed by atoms with E-state index in [1.165, 1.54) is 33.4 Å². The van der Waals surface area contributed by atoms with Crippen LogP contribution < -0.4 is 4.74 Å². The summed E-state index contributed by atoms with van der Waals surface area (Å²) in [5.41, 5.74) is 1.17. The number of rotatable bonds is 4. The second-order valence-corrected chi connectivity index (χ2v) is 8.88.